The maximum absolute atomic E-state index is 12.1. The predicted molar refractivity (Wildman–Crippen MR) is 84.4 cm³/mol. The third-order valence-electron chi connectivity index (χ3n) is 2.62. The van der Waals surface area contributed by atoms with Gasteiger partial charge in [0.05, 0.1) is 18.4 Å². The zero-order chi connectivity index (χ0) is 16.0. The molecule has 0 spiro atoms. The number of carbonyl (C=O) groups is 2. The molecule has 0 atom stereocenters. The highest BCUT2D eigenvalue weighted by Crippen LogP contribution is 2.19. The second-order valence-corrected chi connectivity index (χ2v) is 4.73. The minimum absolute atomic E-state index is 0.206. The number of hydrogen-bond acceptors (Lipinski definition) is 3. The van der Waals surface area contributed by atoms with Gasteiger partial charge in [-0.05, 0) is 25.1 Å². The lowest BCUT2D eigenvalue weighted by atomic mass is 10.1. The molecule has 21 heavy (non-hydrogen) atoms. The SMILES string of the molecule is C=C/C(=C\C(=C)Cl)C(=O)Nc1ccc(C)cc1C(=O)OC. The van der Waals surface area contributed by atoms with E-state index in [4.69, 9.17) is 16.3 Å². The van der Waals surface area contributed by atoms with E-state index in [0.29, 0.717) is 5.69 Å². The molecule has 5 heteroatoms. The van der Waals surface area contributed by atoms with Crippen molar-refractivity contribution in [2.45, 2.75) is 6.92 Å². The maximum Gasteiger partial charge on any atom is 0.339 e. The molecule has 0 aliphatic carbocycles. The number of aryl methyl sites for hydroxylation is 1. The first-order valence-electron chi connectivity index (χ1n) is 6.08. The van der Waals surface area contributed by atoms with Gasteiger partial charge in [0.15, 0.2) is 0 Å². The number of methoxy groups -OCH3 is 1. The Bertz CT molecular complexity index is 632. The molecule has 110 valence electrons. The molecule has 0 bridgehead atoms. The summed E-state index contributed by atoms with van der Waals surface area (Å²) in [5, 5.41) is 2.84. The quantitative estimate of drug-likeness (QED) is 0.514. The molecular formula is C16H16ClNO3. The number of ether oxygens (including phenoxy) is 1. The minimum atomic E-state index is -0.528. The number of halogens is 1. The topological polar surface area (TPSA) is 55.4 Å². The summed E-state index contributed by atoms with van der Waals surface area (Å²) in [6.07, 6.45) is 2.74. The van der Waals surface area contributed by atoms with Crippen LogP contribution in [0.1, 0.15) is 15.9 Å². The molecule has 0 heterocycles. The second kappa shape index (κ2) is 7.45. The zero-order valence-electron chi connectivity index (χ0n) is 11.9. The number of rotatable bonds is 5. The van der Waals surface area contributed by atoms with Gasteiger partial charge in [0, 0.05) is 10.6 Å². The van der Waals surface area contributed by atoms with Crippen molar-refractivity contribution in [1.82, 2.24) is 0 Å². The van der Waals surface area contributed by atoms with Gasteiger partial charge >= 0.3 is 5.97 Å². The predicted octanol–water partition coefficient (Wildman–Crippen LogP) is 3.59. The molecule has 0 saturated carbocycles. The molecule has 1 amide bonds. The summed E-state index contributed by atoms with van der Waals surface area (Å²) in [7, 11) is 1.28. The van der Waals surface area contributed by atoms with Crippen LogP contribution in [0.15, 0.2) is 54.1 Å². The summed E-state index contributed by atoms with van der Waals surface area (Å²) in [5.41, 5.74) is 1.75. The number of benzene rings is 1. The van der Waals surface area contributed by atoms with E-state index in [1.54, 1.807) is 18.2 Å². The summed E-state index contributed by atoms with van der Waals surface area (Å²) in [6, 6.07) is 5.05. The van der Waals surface area contributed by atoms with Gasteiger partial charge in [-0.3, -0.25) is 4.79 Å². The van der Waals surface area contributed by atoms with Crippen LogP contribution in [0.5, 0.6) is 0 Å². The van der Waals surface area contributed by atoms with Crippen molar-refractivity contribution in [3.05, 3.63) is 65.2 Å². The van der Waals surface area contributed by atoms with Gasteiger partial charge < -0.3 is 10.1 Å². The Morgan fingerprint density at radius 2 is 2.05 bits per heavy atom. The third-order valence-corrected chi connectivity index (χ3v) is 2.73. The van der Waals surface area contributed by atoms with Gasteiger partial charge in [-0.15, -0.1) is 0 Å². The Labute approximate surface area is 128 Å². The summed E-state index contributed by atoms with van der Waals surface area (Å²) in [6.45, 7) is 8.87. The first kappa shape index (κ1) is 16.7. The van der Waals surface area contributed by atoms with Crippen molar-refractivity contribution in [3.8, 4) is 0 Å². The molecule has 0 aliphatic rings. The van der Waals surface area contributed by atoms with Crippen molar-refractivity contribution >= 4 is 29.2 Å². The third kappa shape index (κ3) is 4.61. The molecule has 0 aromatic heterocycles. The van der Waals surface area contributed by atoms with Crippen LogP contribution in [-0.2, 0) is 9.53 Å². The summed E-state index contributed by atoms with van der Waals surface area (Å²) in [5.74, 6) is -0.972. The molecular weight excluding hydrogens is 290 g/mol. The first-order valence-corrected chi connectivity index (χ1v) is 6.45. The minimum Gasteiger partial charge on any atom is -0.465 e. The van der Waals surface area contributed by atoms with Gasteiger partial charge in [-0.2, -0.15) is 0 Å². The molecule has 0 unspecified atom stereocenters. The highest BCUT2D eigenvalue weighted by molar-refractivity contribution is 6.31. The number of nitrogens with one attached hydrogen (secondary N) is 1. The molecule has 0 radical (unpaired) electrons. The number of hydrogen-bond donors (Lipinski definition) is 1. The Balaban J connectivity index is 3.13. The van der Waals surface area contributed by atoms with Crippen LogP contribution in [0, 0.1) is 6.92 Å². The van der Waals surface area contributed by atoms with Crippen LogP contribution >= 0.6 is 11.6 Å². The standard InChI is InChI=1S/C16H16ClNO3/c1-5-12(9-11(3)17)15(19)18-14-7-6-10(2)8-13(14)16(20)21-4/h5-9H,1,3H2,2,4H3,(H,18,19)/b12-9+. The summed E-state index contributed by atoms with van der Waals surface area (Å²) in [4.78, 5) is 23.9. The van der Waals surface area contributed by atoms with E-state index in [9.17, 15) is 9.59 Å². The van der Waals surface area contributed by atoms with Crippen LogP contribution in [0.25, 0.3) is 0 Å². The van der Waals surface area contributed by atoms with Crippen molar-refractivity contribution < 1.29 is 14.3 Å². The summed E-state index contributed by atoms with van der Waals surface area (Å²) >= 11 is 5.65. The largest absolute Gasteiger partial charge is 0.465 e. The van der Waals surface area contributed by atoms with Crippen LogP contribution in [0.3, 0.4) is 0 Å². The van der Waals surface area contributed by atoms with E-state index in [1.165, 1.54) is 19.3 Å². The summed E-state index contributed by atoms with van der Waals surface area (Å²) < 4.78 is 4.70. The maximum atomic E-state index is 12.1. The van der Waals surface area contributed by atoms with E-state index in [0.717, 1.165) is 5.56 Å². The lowest BCUT2D eigenvalue weighted by molar-refractivity contribution is -0.112. The highest BCUT2D eigenvalue weighted by atomic mass is 35.5. The lowest BCUT2D eigenvalue weighted by Gasteiger charge is -2.11. The molecule has 1 rings (SSSR count). The highest BCUT2D eigenvalue weighted by Gasteiger charge is 2.15. The Kier molecular flexibility index (Phi) is 5.93. The Morgan fingerprint density at radius 1 is 1.38 bits per heavy atom. The fraction of sp³-hybridized carbons (Fsp3) is 0.125. The Morgan fingerprint density at radius 3 is 2.57 bits per heavy atom. The molecule has 1 aromatic rings. The first-order chi connectivity index (χ1) is 9.88. The number of allylic oxidation sites excluding steroid dienone is 2. The van der Waals surface area contributed by atoms with Gasteiger partial charge in [0.1, 0.15) is 0 Å². The fourth-order valence-electron chi connectivity index (χ4n) is 1.63. The zero-order valence-corrected chi connectivity index (χ0v) is 12.7. The number of anilines is 1. The van der Waals surface area contributed by atoms with Crippen LogP contribution < -0.4 is 5.32 Å². The second-order valence-electron chi connectivity index (χ2n) is 4.25. The number of esters is 1. The molecule has 1 N–H and O–H groups in total. The van der Waals surface area contributed by atoms with E-state index in [-0.39, 0.29) is 16.2 Å². The molecule has 0 fully saturated rings. The van der Waals surface area contributed by atoms with Gasteiger partial charge in [-0.1, -0.05) is 42.5 Å². The number of carbonyl (C=O) groups excluding carboxylic acids is 2. The van der Waals surface area contributed by atoms with Crippen LogP contribution in [-0.4, -0.2) is 19.0 Å². The van der Waals surface area contributed by atoms with Gasteiger partial charge in [0.25, 0.3) is 5.91 Å². The normalized spacial score (nSPS) is 10.7. The molecule has 0 saturated heterocycles. The van der Waals surface area contributed by atoms with Crippen molar-refractivity contribution in [1.29, 1.82) is 0 Å². The van der Waals surface area contributed by atoms with E-state index >= 15 is 0 Å². The van der Waals surface area contributed by atoms with Gasteiger partial charge in [-0.25, -0.2) is 4.79 Å². The van der Waals surface area contributed by atoms with Crippen LogP contribution in [0.2, 0.25) is 0 Å². The number of amides is 1. The molecule has 4 nitrogen and oxygen atoms in total. The van der Waals surface area contributed by atoms with Crippen molar-refractivity contribution in [2.75, 3.05) is 12.4 Å². The monoisotopic (exact) mass is 305 g/mol. The van der Waals surface area contributed by atoms with E-state index in [1.807, 2.05) is 6.92 Å². The molecule has 1 aromatic carbocycles. The average molecular weight is 306 g/mol. The average Bonchev–Trinajstić information content (AvgIpc) is 2.45. The van der Waals surface area contributed by atoms with Crippen molar-refractivity contribution in [2.24, 2.45) is 0 Å². The van der Waals surface area contributed by atoms with Crippen molar-refractivity contribution in [3.63, 3.8) is 0 Å². The Hall–Kier alpha value is -2.33. The van der Waals surface area contributed by atoms with Gasteiger partial charge in [0.2, 0.25) is 0 Å². The van der Waals surface area contributed by atoms with E-state index < -0.39 is 11.9 Å². The lowest BCUT2D eigenvalue weighted by Crippen LogP contribution is -2.16. The van der Waals surface area contributed by atoms with E-state index in [2.05, 4.69) is 18.5 Å². The molecule has 0 aliphatic heterocycles. The smallest absolute Gasteiger partial charge is 0.339 e. The fourth-order valence-corrected chi connectivity index (χ4v) is 1.74. The van der Waals surface area contributed by atoms with Crippen LogP contribution in [0.4, 0.5) is 5.69 Å².